The van der Waals surface area contributed by atoms with Gasteiger partial charge in [-0.1, -0.05) is 72.3 Å². The summed E-state index contributed by atoms with van der Waals surface area (Å²) >= 11 is 0. The van der Waals surface area contributed by atoms with E-state index in [2.05, 4.69) is 104 Å². The maximum atomic E-state index is 8.91. The van der Waals surface area contributed by atoms with E-state index in [1.807, 2.05) is 60.8 Å². The van der Waals surface area contributed by atoms with E-state index >= 15 is 0 Å². The molecule has 0 aliphatic heterocycles. The quantitative estimate of drug-likeness (QED) is 0.102. The van der Waals surface area contributed by atoms with Crippen LogP contribution in [0, 0.1) is 63.9 Å². The fraction of sp³-hybridized carbons (Fsp3) is 0.188. The number of allylic oxidation sites excluding steroid dienone is 1. The molecule has 0 aliphatic rings. The molecule has 0 saturated carbocycles. The summed E-state index contributed by atoms with van der Waals surface area (Å²) in [5.41, 5.74) is 15.7. The predicted molar refractivity (Wildman–Crippen MR) is 227 cm³/mol. The largest absolute Gasteiger partial charge is 0.246 e. The highest BCUT2D eigenvalue weighted by Gasteiger charge is 2.10. The van der Waals surface area contributed by atoms with Crippen LogP contribution in [0.1, 0.15) is 89.8 Å². The molecule has 0 atom stereocenters. The van der Waals surface area contributed by atoms with Gasteiger partial charge in [0, 0.05) is 55.5 Å². The van der Waals surface area contributed by atoms with Gasteiger partial charge in [-0.25, -0.2) is 24.8 Å². The number of benzene rings is 4. The topological polar surface area (TPSA) is 104 Å². The number of hydrogen-bond acceptors (Lipinski definition) is 6. The van der Waals surface area contributed by atoms with Gasteiger partial charge in [0.05, 0.1) is 24.3 Å². The lowest BCUT2D eigenvalue weighted by molar-refractivity contribution is 0.911. The molecule has 8 heteroatoms. The first kappa shape index (κ1) is 42.0. The fourth-order valence-electron chi connectivity index (χ4n) is 6.44. The van der Waals surface area contributed by atoms with E-state index in [0.717, 1.165) is 59.0 Å². The minimum atomic E-state index is 0. The standard InChI is InChI=1S/C24H20N4.C24H23N3.ClH/c1-17-12-21(4-3-10-25)13-18(2)23(17)15-22-9-11-27-24(28-22)14-19-5-7-20(16-26)8-6-19;1-17-5-7-20(8-6-17)15-24-26-12-10-22(27-24)16-23-18(2)13-21(9-11-25-4)14-19(23)3;/h3-9,11-13H,14-15H2,1-2H3;5-14H,15-16H2,1-3H3;1H/b;11-9+;. The third-order valence-corrected chi connectivity index (χ3v) is 9.30. The Labute approximate surface area is 337 Å². The zero-order chi connectivity index (χ0) is 39.2. The summed E-state index contributed by atoms with van der Waals surface area (Å²) in [4.78, 5) is 21.6. The molecular formula is C48H44ClN7. The zero-order valence-electron chi connectivity index (χ0n) is 32.4. The van der Waals surface area contributed by atoms with E-state index in [9.17, 15) is 0 Å². The van der Waals surface area contributed by atoms with Crippen molar-refractivity contribution in [3.63, 3.8) is 0 Å². The molecule has 2 heterocycles. The summed E-state index contributed by atoms with van der Waals surface area (Å²) < 4.78 is 0. The Balaban J connectivity index is 0.000000244. The van der Waals surface area contributed by atoms with Crippen molar-refractivity contribution in [2.24, 2.45) is 0 Å². The van der Waals surface area contributed by atoms with Gasteiger partial charge >= 0.3 is 0 Å². The summed E-state index contributed by atoms with van der Waals surface area (Å²) in [6.07, 6.45) is 13.2. The summed E-state index contributed by atoms with van der Waals surface area (Å²) in [6.45, 7) is 17.4. The van der Waals surface area contributed by atoms with Crippen LogP contribution in [-0.4, -0.2) is 19.9 Å². The lowest BCUT2D eigenvalue weighted by Gasteiger charge is -2.12. The maximum absolute atomic E-state index is 8.91. The van der Waals surface area contributed by atoms with Gasteiger partial charge in [-0.15, -0.1) is 12.4 Å². The highest BCUT2D eigenvalue weighted by atomic mass is 35.5. The van der Waals surface area contributed by atoms with Gasteiger partial charge in [-0.05, 0) is 121 Å². The number of rotatable bonds is 10. The lowest BCUT2D eigenvalue weighted by atomic mass is 9.95. The Morgan fingerprint density at radius 2 is 1.05 bits per heavy atom. The Morgan fingerprint density at radius 3 is 1.48 bits per heavy atom. The molecule has 0 radical (unpaired) electrons. The van der Waals surface area contributed by atoms with Gasteiger partial charge in [-0.3, -0.25) is 0 Å². The van der Waals surface area contributed by atoms with Gasteiger partial charge in [0.15, 0.2) is 6.20 Å². The first-order valence-corrected chi connectivity index (χ1v) is 18.1. The minimum absolute atomic E-state index is 0. The van der Waals surface area contributed by atoms with Gasteiger partial charge in [-0.2, -0.15) is 10.5 Å². The van der Waals surface area contributed by atoms with Crippen LogP contribution >= 0.6 is 12.4 Å². The van der Waals surface area contributed by atoms with Crippen molar-refractivity contribution >= 4 is 24.6 Å². The average Bonchev–Trinajstić information content (AvgIpc) is 3.18. The lowest BCUT2D eigenvalue weighted by Crippen LogP contribution is -2.03. The molecule has 7 nitrogen and oxygen atoms in total. The molecule has 0 aliphatic carbocycles. The Morgan fingerprint density at radius 1 is 0.607 bits per heavy atom. The van der Waals surface area contributed by atoms with E-state index < -0.39 is 0 Å². The van der Waals surface area contributed by atoms with Crippen molar-refractivity contribution < 1.29 is 0 Å². The van der Waals surface area contributed by atoms with Crippen molar-refractivity contribution in [2.45, 2.75) is 60.3 Å². The van der Waals surface area contributed by atoms with Crippen LogP contribution in [0.25, 0.3) is 17.0 Å². The molecule has 0 fully saturated rings. The summed E-state index contributed by atoms with van der Waals surface area (Å²) in [5.74, 6) is 1.62. The molecule has 4 aromatic carbocycles. The molecule has 0 spiro atoms. The van der Waals surface area contributed by atoms with Crippen LogP contribution in [0.5, 0.6) is 0 Å². The molecule has 6 rings (SSSR count). The Kier molecular flexibility index (Phi) is 15.5. The van der Waals surface area contributed by atoms with Gasteiger partial charge < -0.3 is 0 Å². The first-order valence-electron chi connectivity index (χ1n) is 18.1. The number of aryl methyl sites for hydroxylation is 5. The molecule has 278 valence electrons. The zero-order valence-corrected chi connectivity index (χ0v) is 33.2. The molecule has 0 saturated heterocycles. The van der Waals surface area contributed by atoms with Crippen molar-refractivity contribution in [3.8, 4) is 12.1 Å². The normalized spacial score (nSPS) is 10.5. The molecule has 0 amide bonds. The molecule has 56 heavy (non-hydrogen) atoms. The monoisotopic (exact) mass is 753 g/mol. The average molecular weight is 754 g/mol. The highest BCUT2D eigenvalue weighted by Crippen LogP contribution is 2.22. The van der Waals surface area contributed by atoms with Crippen LogP contribution in [0.15, 0.2) is 110 Å². The molecule has 6 aromatic rings. The number of hydrogen-bond donors (Lipinski definition) is 0. The minimum Gasteiger partial charge on any atom is -0.246 e. The molecule has 0 unspecified atom stereocenters. The van der Waals surface area contributed by atoms with Gasteiger partial charge in [0.2, 0.25) is 0 Å². The van der Waals surface area contributed by atoms with Crippen LogP contribution in [0.2, 0.25) is 0 Å². The van der Waals surface area contributed by atoms with Crippen LogP contribution < -0.4 is 0 Å². The Bertz CT molecular complexity index is 2420. The van der Waals surface area contributed by atoms with Crippen LogP contribution in [0.4, 0.5) is 0 Å². The second-order valence-corrected chi connectivity index (χ2v) is 13.6. The van der Waals surface area contributed by atoms with E-state index in [4.69, 9.17) is 27.1 Å². The number of aromatic nitrogens is 4. The van der Waals surface area contributed by atoms with Crippen molar-refractivity contribution in [1.29, 1.82) is 10.5 Å². The second kappa shape index (κ2) is 20.7. The summed E-state index contributed by atoms with van der Waals surface area (Å²) in [7, 11) is 0. The third-order valence-electron chi connectivity index (χ3n) is 9.30. The molecular weight excluding hydrogens is 710 g/mol. The third kappa shape index (κ3) is 12.2. The predicted octanol–water partition coefficient (Wildman–Crippen LogP) is 10.6. The van der Waals surface area contributed by atoms with E-state index in [1.54, 1.807) is 6.20 Å². The highest BCUT2D eigenvalue weighted by molar-refractivity contribution is 5.85. The van der Waals surface area contributed by atoms with Gasteiger partial charge in [0.1, 0.15) is 11.6 Å². The number of halogens is 1. The SMILES string of the molecule is Cc1cc(C=CC#N)cc(C)c1Cc1ccnc(Cc2ccc(C#N)cc2)n1.Cl.[C-]#[N+]/C=C/c1cc(C)c(Cc2ccnc(Cc3ccc(C)cc3)n2)c(C)c1. The van der Waals surface area contributed by atoms with E-state index in [-0.39, 0.29) is 12.4 Å². The second-order valence-electron chi connectivity index (χ2n) is 13.6. The first-order chi connectivity index (χ1) is 26.6. The molecule has 0 bridgehead atoms. The number of nitrogens with zero attached hydrogens (tertiary/aromatic N) is 7. The van der Waals surface area contributed by atoms with Crippen molar-refractivity contribution in [1.82, 2.24) is 19.9 Å². The van der Waals surface area contributed by atoms with E-state index in [1.165, 1.54) is 56.8 Å². The fourth-order valence-corrected chi connectivity index (χ4v) is 6.44. The molecule has 0 N–H and O–H groups in total. The maximum Gasteiger partial charge on any atom is 0.154 e. The van der Waals surface area contributed by atoms with Crippen LogP contribution in [-0.2, 0) is 25.7 Å². The van der Waals surface area contributed by atoms with Crippen molar-refractivity contribution in [3.05, 3.63) is 211 Å². The van der Waals surface area contributed by atoms with Gasteiger partial charge in [0.25, 0.3) is 0 Å². The Hall–Kier alpha value is -6.72. The van der Waals surface area contributed by atoms with Crippen molar-refractivity contribution in [2.75, 3.05) is 0 Å². The summed E-state index contributed by atoms with van der Waals surface area (Å²) in [6, 6.07) is 32.5. The molecule has 2 aromatic heterocycles. The number of nitriles is 2. The summed E-state index contributed by atoms with van der Waals surface area (Å²) in [5, 5.41) is 17.6. The van der Waals surface area contributed by atoms with Crippen LogP contribution in [0.3, 0.4) is 0 Å². The van der Waals surface area contributed by atoms with E-state index in [0.29, 0.717) is 12.0 Å². The smallest absolute Gasteiger partial charge is 0.154 e.